The second kappa shape index (κ2) is 6.75. The second-order valence-electron chi connectivity index (χ2n) is 7.55. The van der Waals surface area contributed by atoms with E-state index in [4.69, 9.17) is 5.73 Å². The fourth-order valence-electron chi connectivity index (χ4n) is 4.53. The molecular formula is C16H31N3O2S. The third-order valence-corrected chi connectivity index (χ3v) is 8.29. The van der Waals surface area contributed by atoms with E-state index in [1.165, 1.54) is 32.1 Å². The Morgan fingerprint density at radius 1 is 0.864 bits per heavy atom. The number of rotatable bonds is 3. The van der Waals surface area contributed by atoms with Crippen molar-refractivity contribution in [3.05, 3.63) is 0 Å². The lowest BCUT2D eigenvalue weighted by Crippen LogP contribution is -2.51. The summed E-state index contributed by atoms with van der Waals surface area (Å²) in [4.78, 5) is 0. The molecule has 2 aliphatic heterocycles. The van der Waals surface area contributed by atoms with Gasteiger partial charge in [-0.1, -0.05) is 19.3 Å². The van der Waals surface area contributed by atoms with Gasteiger partial charge in [0.1, 0.15) is 0 Å². The van der Waals surface area contributed by atoms with Crippen molar-refractivity contribution in [2.45, 2.75) is 57.8 Å². The highest BCUT2D eigenvalue weighted by Crippen LogP contribution is 2.45. The van der Waals surface area contributed by atoms with Crippen LogP contribution in [0.2, 0.25) is 0 Å². The lowest BCUT2D eigenvalue weighted by atomic mass is 9.68. The van der Waals surface area contributed by atoms with Gasteiger partial charge in [0.05, 0.1) is 0 Å². The highest BCUT2D eigenvalue weighted by molar-refractivity contribution is 7.86. The van der Waals surface area contributed by atoms with Crippen molar-refractivity contribution in [1.29, 1.82) is 0 Å². The molecule has 1 aliphatic carbocycles. The van der Waals surface area contributed by atoms with Gasteiger partial charge in [0.15, 0.2) is 0 Å². The van der Waals surface area contributed by atoms with Crippen molar-refractivity contribution >= 4 is 10.2 Å². The van der Waals surface area contributed by atoms with Crippen molar-refractivity contribution in [2.24, 2.45) is 17.1 Å². The van der Waals surface area contributed by atoms with Crippen LogP contribution in [-0.2, 0) is 10.2 Å². The van der Waals surface area contributed by atoms with Crippen LogP contribution in [0.3, 0.4) is 0 Å². The molecule has 128 valence electrons. The first kappa shape index (κ1) is 16.7. The number of nitrogens with zero attached hydrogens (tertiary/aromatic N) is 2. The van der Waals surface area contributed by atoms with Gasteiger partial charge in [-0.2, -0.15) is 17.0 Å². The second-order valence-corrected chi connectivity index (χ2v) is 9.47. The van der Waals surface area contributed by atoms with Crippen molar-refractivity contribution < 1.29 is 8.42 Å². The zero-order valence-electron chi connectivity index (χ0n) is 13.7. The largest absolute Gasteiger partial charge is 0.330 e. The van der Waals surface area contributed by atoms with Gasteiger partial charge in [-0.05, 0) is 56.4 Å². The van der Waals surface area contributed by atoms with Gasteiger partial charge in [-0.25, -0.2) is 0 Å². The summed E-state index contributed by atoms with van der Waals surface area (Å²) in [6, 6.07) is 0. The topological polar surface area (TPSA) is 66.6 Å². The molecular weight excluding hydrogens is 298 g/mol. The first-order valence-corrected chi connectivity index (χ1v) is 10.4. The maximum absolute atomic E-state index is 12.8. The smallest absolute Gasteiger partial charge is 0.281 e. The highest BCUT2D eigenvalue weighted by Gasteiger charge is 2.40. The average Bonchev–Trinajstić information content (AvgIpc) is 2.56. The lowest BCUT2D eigenvalue weighted by molar-refractivity contribution is 0.0983. The molecule has 0 atom stereocenters. The Morgan fingerprint density at radius 2 is 1.41 bits per heavy atom. The molecule has 22 heavy (non-hydrogen) atoms. The number of hydrogen-bond acceptors (Lipinski definition) is 3. The van der Waals surface area contributed by atoms with Crippen LogP contribution in [0.4, 0.5) is 0 Å². The van der Waals surface area contributed by atoms with Crippen LogP contribution in [0.5, 0.6) is 0 Å². The molecule has 1 saturated carbocycles. The fourth-order valence-corrected chi connectivity index (χ4v) is 6.17. The maximum atomic E-state index is 12.8. The van der Waals surface area contributed by atoms with Gasteiger partial charge in [0.2, 0.25) is 0 Å². The van der Waals surface area contributed by atoms with Crippen molar-refractivity contribution in [3.8, 4) is 0 Å². The number of hydrogen-bond donors (Lipinski definition) is 1. The predicted molar refractivity (Wildman–Crippen MR) is 88.6 cm³/mol. The molecule has 0 amide bonds. The third kappa shape index (κ3) is 3.35. The minimum Gasteiger partial charge on any atom is -0.330 e. The van der Waals surface area contributed by atoms with Gasteiger partial charge in [0, 0.05) is 26.2 Å². The molecule has 3 rings (SSSR count). The summed E-state index contributed by atoms with van der Waals surface area (Å²) in [6.45, 7) is 3.41. The van der Waals surface area contributed by atoms with E-state index in [9.17, 15) is 8.42 Å². The summed E-state index contributed by atoms with van der Waals surface area (Å²) in [5, 5.41) is 0. The quantitative estimate of drug-likeness (QED) is 0.860. The van der Waals surface area contributed by atoms with E-state index in [1.54, 1.807) is 8.61 Å². The molecule has 3 fully saturated rings. The van der Waals surface area contributed by atoms with Gasteiger partial charge in [-0.15, -0.1) is 0 Å². The van der Waals surface area contributed by atoms with Crippen LogP contribution in [0.25, 0.3) is 0 Å². The average molecular weight is 330 g/mol. The summed E-state index contributed by atoms with van der Waals surface area (Å²) in [5.74, 6) is 0.498. The minimum absolute atomic E-state index is 0.455. The highest BCUT2D eigenvalue weighted by atomic mass is 32.2. The van der Waals surface area contributed by atoms with E-state index < -0.39 is 10.2 Å². The summed E-state index contributed by atoms with van der Waals surface area (Å²) in [5.41, 5.74) is 6.16. The molecule has 5 nitrogen and oxygen atoms in total. The fraction of sp³-hybridized carbons (Fsp3) is 1.00. The van der Waals surface area contributed by atoms with Crippen LogP contribution in [0.15, 0.2) is 0 Å². The molecule has 2 N–H and O–H groups in total. The molecule has 2 saturated heterocycles. The van der Waals surface area contributed by atoms with Crippen molar-refractivity contribution in [3.63, 3.8) is 0 Å². The zero-order chi connectivity index (χ0) is 15.6. The third-order valence-electron chi connectivity index (χ3n) is 6.26. The predicted octanol–water partition coefficient (Wildman–Crippen LogP) is 1.95. The van der Waals surface area contributed by atoms with Crippen LogP contribution < -0.4 is 5.73 Å². The Kier molecular flexibility index (Phi) is 5.12. The van der Waals surface area contributed by atoms with E-state index >= 15 is 0 Å². The summed E-state index contributed by atoms with van der Waals surface area (Å²) in [6.07, 6.45) is 10.6. The Labute approximate surface area is 135 Å². The van der Waals surface area contributed by atoms with Gasteiger partial charge >= 0.3 is 0 Å². The summed E-state index contributed by atoms with van der Waals surface area (Å²) in [7, 11) is -3.25. The minimum atomic E-state index is -3.25. The summed E-state index contributed by atoms with van der Waals surface area (Å²) < 4.78 is 29.1. The molecule has 1 spiro atoms. The monoisotopic (exact) mass is 329 g/mol. The van der Waals surface area contributed by atoms with Crippen LogP contribution in [-0.4, -0.2) is 49.8 Å². The van der Waals surface area contributed by atoms with Crippen molar-refractivity contribution in [1.82, 2.24) is 8.61 Å². The van der Waals surface area contributed by atoms with Crippen LogP contribution in [0.1, 0.15) is 57.8 Å². The Morgan fingerprint density at radius 3 is 1.95 bits per heavy atom. The number of nitrogens with two attached hydrogens (primary N) is 1. The Bertz CT molecular complexity index is 456. The summed E-state index contributed by atoms with van der Waals surface area (Å²) >= 11 is 0. The molecule has 3 aliphatic rings. The zero-order valence-corrected chi connectivity index (χ0v) is 14.5. The number of piperidine rings is 2. The molecule has 0 aromatic heterocycles. The SMILES string of the molecule is NCC1CCN(S(=O)(=O)N2CCC3(CCCCC3)CC2)CC1. The molecule has 0 radical (unpaired) electrons. The van der Waals surface area contributed by atoms with E-state index in [1.807, 2.05) is 0 Å². The molecule has 6 heteroatoms. The maximum Gasteiger partial charge on any atom is 0.281 e. The van der Waals surface area contributed by atoms with E-state index in [0.717, 1.165) is 38.8 Å². The first-order chi connectivity index (χ1) is 10.6. The van der Waals surface area contributed by atoms with Crippen LogP contribution >= 0.6 is 0 Å². The lowest BCUT2D eigenvalue weighted by Gasteiger charge is -2.45. The molecule has 0 aromatic rings. The van der Waals surface area contributed by atoms with E-state index in [0.29, 0.717) is 31.0 Å². The first-order valence-electron chi connectivity index (χ1n) is 9.01. The molecule has 0 unspecified atom stereocenters. The van der Waals surface area contributed by atoms with Crippen LogP contribution in [0, 0.1) is 11.3 Å². The van der Waals surface area contributed by atoms with Gasteiger partial charge in [-0.3, -0.25) is 0 Å². The molecule has 0 aromatic carbocycles. The Balaban J connectivity index is 1.58. The molecule has 0 bridgehead atoms. The van der Waals surface area contributed by atoms with Crippen molar-refractivity contribution in [2.75, 3.05) is 32.7 Å². The Hall–Kier alpha value is -0.170. The molecule has 2 heterocycles. The van der Waals surface area contributed by atoms with Gasteiger partial charge < -0.3 is 5.73 Å². The standard InChI is InChI=1S/C16H31N3O2S/c17-14-15-4-10-18(11-5-15)22(20,21)19-12-8-16(9-13-19)6-2-1-3-7-16/h15H,1-14,17H2. The normalized spacial score (nSPS) is 29.0. The van der Waals surface area contributed by atoms with E-state index in [-0.39, 0.29) is 0 Å². The van der Waals surface area contributed by atoms with Gasteiger partial charge in [0.25, 0.3) is 10.2 Å². The van der Waals surface area contributed by atoms with E-state index in [2.05, 4.69) is 0 Å².